The van der Waals surface area contributed by atoms with Gasteiger partial charge in [-0.05, 0) is 25.7 Å². The van der Waals surface area contributed by atoms with Gasteiger partial charge in [0.05, 0.1) is 16.2 Å². The molecule has 2 unspecified atom stereocenters. The molecule has 6 heteroatoms. The van der Waals surface area contributed by atoms with Crippen molar-refractivity contribution >= 4 is 10.1 Å². The Morgan fingerprint density at radius 2 is 0.900 bits per heavy atom. The van der Waals surface area contributed by atoms with Crippen LogP contribution in [0.2, 0.25) is 0 Å². The predicted octanol–water partition coefficient (Wildman–Crippen LogP) is 4.11. The van der Waals surface area contributed by atoms with Crippen LogP contribution < -0.4 is 29.6 Å². The topological polar surface area (TPSA) is 77.4 Å². The third kappa shape index (κ3) is 22.1. The van der Waals surface area contributed by atoms with Gasteiger partial charge in [0.2, 0.25) is 0 Å². The number of rotatable bonds is 22. The second-order valence-electron chi connectivity index (χ2n) is 8.87. The molecule has 0 aliphatic heterocycles. The molecule has 0 amide bonds. The van der Waals surface area contributed by atoms with E-state index in [4.69, 9.17) is 0 Å². The van der Waals surface area contributed by atoms with Crippen LogP contribution in [-0.2, 0) is 10.1 Å². The Kier molecular flexibility index (Phi) is 25.4. The molecule has 0 saturated carbocycles. The monoisotopic (exact) mass is 456 g/mol. The minimum absolute atomic E-state index is 0. The van der Waals surface area contributed by atoms with Gasteiger partial charge in [-0.2, -0.15) is 0 Å². The maximum absolute atomic E-state index is 11.5. The Morgan fingerprint density at radius 1 is 0.600 bits per heavy atom. The molecule has 0 heterocycles. The zero-order chi connectivity index (χ0) is 21.8. The van der Waals surface area contributed by atoms with Crippen LogP contribution in [0, 0.1) is 0 Å². The van der Waals surface area contributed by atoms with Gasteiger partial charge in [0, 0.05) is 5.25 Å². The van der Waals surface area contributed by atoms with Gasteiger partial charge in [-0.1, -0.05) is 117 Å². The van der Waals surface area contributed by atoms with E-state index in [1.807, 2.05) is 0 Å². The molecule has 0 rings (SSSR count). The van der Waals surface area contributed by atoms with E-state index in [1.165, 1.54) is 64.2 Å². The normalized spacial score (nSPS) is 13.7. The second kappa shape index (κ2) is 23.0. The first-order valence-corrected chi connectivity index (χ1v) is 14.0. The van der Waals surface area contributed by atoms with Gasteiger partial charge in [0.1, 0.15) is 0 Å². The SMILES string of the molecule is CCCCCCCCCCC(O)CCCCC(CCCCCCCC)S(=O)(=O)[O-].[Na+]. The van der Waals surface area contributed by atoms with Crippen molar-refractivity contribution in [2.24, 2.45) is 0 Å². The summed E-state index contributed by atoms with van der Waals surface area (Å²) in [5.74, 6) is 0. The number of aliphatic hydroxyl groups excluding tert-OH is 1. The van der Waals surface area contributed by atoms with Crippen LogP contribution in [0.4, 0.5) is 0 Å². The van der Waals surface area contributed by atoms with Gasteiger partial charge in [-0.25, -0.2) is 8.42 Å². The molecular formula is C24H49NaO4S. The van der Waals surface area contributed by atoms with Gasteiger partial charge in [-0.3, -0.25) is 0 Å². The quantitative estimate of drug-likeness (QED) is 0.151. The summed E-state index contributed by atoms with van der Waals surface area (Å²) in [7, 11) is -4.20. The molecule has 0 aliphatic rings. The molecule has 0 saturated heterocycles. The summed E-state index contributed by atoms with van der Waals surface area (Å²) in [6, 6.07) is 0. The third-order valence-corrected chi connectivity index (χ3v) is 7.28. The Bertz CT molecular complexity index is 442. The minimum atomic E-state index is -4.20. The summed E-state index contributed by atoms with van der Waals surface area (Å²) in [6.45, 7) is 4.41. The Labute approximate surface area is 210 Å². The van der Waals surface area contributed by atoms with Crippen LogP contribution >= 0.6 is 0 Å². The van der Waals surface area contributed by atoms with Gasteiger partial charge in [0.25, 0.3) is 0 Å². The van der Waals surface area contributed by atoms with Crippen molar-refractivity contribution in [3.63, 3.8) is 0 Å². The Morgan fingerprint density at radius 3 is 1.30 bits per heavy atom. The molecule has 0 bridgehead atoms. The summed E-state index contributed by atoms with van der Waals surface area (Å²) in [6.07, 6.45) is 20.5. The van der Waals surface area contributed by atoms with Gasteiger partial charge in [0.15, 0.2) is 0 Å². The van der Waals surface area contributed by atoms with Crippen molar-refractivity contribution < 1.29 is 47.6 Å². The first-order valence-electron chi connectivity index (χ1n) is 12.5. The second-order valence-corrected chi connectivity index (χ2v) is 10.5. The van der Waals surface area contributed by atoms with E-state index in [0.29, 0.717) is 12.8 Å². The summed E-state index contributed by atoms with van der Waals surface area (Å²) >= 11 is 0. The Balaban J connectivity index is 0. The van der Waals surface area contributed by atoms with Crippen molar-refractivity contribution in [1.82, 2.24) is 0 Å². The molecule has 0 aromatic heterocycles. The average Bonchev–Trinajstić information content (AvgIpc) is 2.67. The standard InChI is InChI=1S/C24H50O4S.Na/c1-3-5-7-9-11-12-13-15-19-23(25)20-17-18-22-24(29(26,27)28)21-16-14-10-8-6-4-2;/h23-25H,3-22H2,1-2H3,(H,26,27,28);/q;+1/p-1. The van der Waals surface area contributed by atoms with E-state index in [0.717, 1.165) is 51.4 Å². The van der Waals surface area contributed by atoms with Crippen LogP contribution in [-0.4, -0.2) is 29.4 Å². The van der Waals surface area contributed by atoms with Gasteiger partial charge < -0.3 is 9.66 Å². The van der Waals surface area contributed by atoms with Crippen molar-refractivity contribution in [3.05, 3.63) is 0 Å². The van der Waals surface area contributed by atoms with Crippen LogP contribution in [0.25, 0.3) is 0 Å². The Hall–Kier alpha value is 0.870. The van der Waals surface area contributed by atoms with Crippen molar-refractivity contribution in [2.45, 2.75) is 154 Å². The fraction of sp³-hybridized carbons (Fsp3) is 1.00. The number of aliphatic hydroxyl groups is 1. The number of hydrogen-bond acceptors (Lipinski definition) is 4. The fourth-order valence-corrected chi connectivity index (χ4v) is 4.91. The van der Waals surface area contributed by atoms with E-state index in [9.17, 15) is 18.1 Å². The molecule has 0 radical (unpaired) electrons. The zero-order valence-electron chi connectivity index (χ0n) is 20.4. The van der Waals surface area contributed by atoms with Crippen molar-refractivity contribution in [2.75, 3.05) is 0 Å². The fourth-order valence-electron chi connectivity index (χ4n) is 4.00. The van der Waals surface area contributed by atoms with E-state index >= 15 is 0 Å². The molecule has 0 fully saturated rings. The summed E-state index contributed by atoms with van der Waals surface area (Å²) in [5, 5.41) is 9.37. The van der Waals surface area contributed by atoms with Gasteiger partial charge >= 0.3 is 29.6 Å². The van der Waals surface area contributed by atoms with E-state index < -0.39 is 15.4 Å². The average molecular weight is 457 g/mol. The van der Waals surface area contributed by atoms with Crippen LogP contribution in [0.1, 0.15) is 142 Å². The number of unbranched alkanes of at least 4 members (excludes halogenated alkanes) is 13. The van der Waals surface area contributed by atoms with Crippen LogP contribution in [0.3, 0.4) is 0 Å². The van der Waals surface area contributed by atoms with Crippen LogP contribution in [0.15, 0.2) is 0 Å². The largest absolute Gasteiger partial charge is 1.00 e. The first-order chi connectivity index (χ1) is 13.9. The van der Waals surface area contributed by atoms with Crippen molar-refractivity contribution in [1.29, 1.82) is 0 Å². The molecule has 0 aromatic rings. The van der Waals surface area contributed by atoms with Crippen molar-refractivity contribution in [3.8, 4) is 0 Å². The molecule has 2 atom stereocenters. The van der Waals surface area contributed by atoms with Crippen LogP contribution in [0.5, 0.6) is 0 Å². The molecule has 0 aliphatic carbocycles. The summed E-state index contributed by atoms with van der Waals surface area (Å²) in [5.41, 5.74) is 0. The van der Waals surface area contributed by atoms with E-state index in [1.54, 1.807) is 0 Å². The number of hydrogen-bond donors (Lipinski definition) is 1. The molecule has 4 nitrogen and oxygen atoms in total. The summed E-state index contributed by atoms with van der Waals surface area (Å²) < 4.78 is 34.5. The molecular weight excluding hydrogens is 407 g/mol. The maximum atomic E-state index is 11.5. The van der Waals surface area contributed by atoms with E-state index in [2.05, 4.69) is 13.8 Å². The van der Waals surface area contributed by atoms with Gasteiger partial charge in [-0.15, -0.1) is 0 Å². The smallest absolute Gasteiger partial charge is 0.748 e. The molecule has 0 aromatic carbocycles. The predicted molar refractivity (Wildman–Crippen MR) is 123 cm³/mol. The first kappa shape index (κ1) is 33.0. The molecule has 176 valence electrons. The maximum Gasteiger partial charge on any atom is 1.00 e. The zero-order valence-corrected chi connectivity index (χ0v) is 23.2. The van der Waals surface area contributed by atoms with E-state index in [-0.39, 0.29) is 35.7 Å². The third-order valence-electron chi connectivity index (χ3n) is 5.99. The molecule has 1 N–H and O–H groups in total. The minimum Gasteiger partial charge on any atom is -0.748 e. The summed E-state index contributed by atoms with van der Waals surface area (Å²) in [4.78, 5) is 0. The molecule has 30 heavy (non-hydrogen) atoms. The molecule has 0 spiro atoms.